The lowest BCUT2D eigenvalue weighted by Crippen LogP contribution is -2.61. The van der Waals surface area contributed by atoms with Gasteiger partial charge in [0.1, 0.15) is 30.5 Å². The average Bonchev–Trinajstić information content (AvgIpc) is 3.35. The Morgan fingerprint density at radius 2 is 1.73 bits per heavy atom. The SMILES string of the molecule is CC1=C(CO)C(=O)O[C@@H]([C@@H](C)[C@H]2CC[C@H]3[C@@H]4[C@H](O)C=C5C[C@@H](O[C@@H]6O[C@H](CO)[C@@H](O)[C@H](O)[C@H]6O)C[C@H](O)[C@]5(C)[C@@H]4CC[C@]23C)C1. The van der Waals surface area contributed by atoms with Crippen LogP contribution in [0.1, 0.15) is 72.6 Å². The van der Waals surface area contributed by atoms with Crippen molar-refractivity contribution >= 4 is 5.97 Å². The maximum Gasteiger partial charge on any atom is 0.336 e. The fourth-order valence-electron chi connectivity index (χ4n) is 10.7. The molecule has 6 aliphatic rings. The highest BCUT2D eigenvalue weighted by Crippen LogP contribution is 2.67. The fourth-order valence-corrected chi connectivity index (χ4v) is 10.7. The van der Waals surface area contributed by atoms with Gasteiger partial charge in [-0.3, -0.25) is 0 Å². The first-order valence-electron chi connectivity index (χ1n) is 16.8. The minimum absolute atomic E-state index is 0.0243. The molecule has 254 valence electrons. The van der Waals surface area contributed by atoms with Crippen molar-refractivity contribution < 1.29 is 54.8 Å². The van der Waals surface area contributed by atoms with Crippen molar-refractivity contribution in [1.82, 2.24) is 0 Å². The van der Waals surface area contributed by atoms with Crippen LogP contribution in [0, 0.1) is 40.4 Å². The fraction of sp³-hybridized carbons (Fsp3) is 0.853. The Labute approximate surface area is 264 Å². The summed E-state index contributed by atoms with van der Waals surface area (Å²) < 4.78 is 17.5. The second-order valence-corrected chi connectivity index (χ2v) is 15.3. The molecule has 6 rings (SSSR count). The normalized spacial score (nSPS) is 50.7. The molecule has 11 heteroatoms. The summed E-state index contributed by atoms with van der Waals surface area (Å²) in [7, 11) is 0. The van der Waals surface area contributed by atoms with E-state index in [1.807, 2.05) is 13.0 Å². The third kappa shape index (κ3) is 5.25. The number of rotatable bonds is 6. The van der Waals surface area contributed by atoms with Crippen LogP contribution in [-0.2, 0) is 19.0 Å². The molecule has 0 radical (unpaired) electrons. The maximum atomic E-state index is 12.6. The van der Waals surface area contributed by atoms with Gasteiger partial charge in [-0.1, -0.05) is 38.0 Å². The summed E-state index contributed by atoms with van der Waals surface area (Å²) in [6.45, 7) is 7.65. The summed E-state index contributed by atoms with van der Waals surface area (Å²) in [5.41, 5.74) is 1.56. The Hall–Kier alpha value is -1.41. The Balaban J connectivity index is 1.19. The number of aliphatic hydroxyl groups excluding tert-OH is 7. The van der Waals surface area contributed by atoms with Gasteiger partial charge >= 0.3 is 5.97 Å². The van der Waals surface area contributed by atoms with Gasteiger partial charge in [0.25, 0.3) is 0 Å². The minimum atomic E-state index is -1.55. The van der Waals surface area contributed by atoms with Gasteiger partial charge in [0, 0.05) is 18.3 Å². The van der Waals surface area contributed by atoms with Gasteiger partial charge in [-0.15, -0.1) is 0 Å². The van der Waals surface area contributed by atoms with Crippen LogP contribution in [0.15, 0.2) is 22.8 Å². The van der Waals surface area contributed by atoms with Crippen LogP contribution in [-0.4, -0.2) is 110 Å². The smallest absolute Gasteiger partial charge is 0.336 e. The molecular weight excluding hydrogens is 584 g/mol. The number of carbonyl (C=O) groups excluding carboxylic acids is 1. The van der Waals surface area contributed by atoms with Crippen LogP contribution in [0.4, 0.5) is 0 Å². The Kier molecular flexibility index (Phi) is 9.11. The Bertz CT molecular complexity index is 1200. The van der Waals surface area contributed by atoms with Gasteiger partial charge in [0.15, 0.2) is 6.29 Å². The van der Waals surface area contributed by atoms with Crippen molar-refractivity contribution in [3.8, 4) is 0 Å². The van der Waals surface area contributed by atoms with Gasteiger partial charge in [0.05, 0.1) is 37.1 Å². The molecule has 0 spiro atoms. The molecule has 7 N–H and O–H groups in total. The molecule has 16 atom stereocenters. The van der Waals surface area contributed by atoms with Crippen molar-refractivity contribution in [1.29, 1.82) is 0 Å². The standard InChI is InChI=1S/C34H52O11/c1-15-9-24(44-31(42)19(15)13-35)16(2)20-5-6-21-27-22(7-8-33(20,21)3)34(4)17(11-23(27)37)10-18(12-26(34)38)43-32-30(41)29(40)28(39)25(14-36)45-32/h11,16,18,20-30,32,35-41H,5-10,12-14H2,1-4H3/t16-,18+,20+,21-,22+,23+,24+,25+,26-,27-,28+,29-,30+,32+,33+,34-/m0/s1. The molecule has 1 saturated heterocycles. The molecule has 2 heterocycles. The van der Waals surface area contributed by atoms with E-state index >= 15 is 0 Å². The first-order valence-corrected chi connectivity index (χ1v) is 16.8. The first kappa shape index (κ1) is 33.5. The second-order valence-electron chi connectivity index (χ2n) is 15.3. The lowest BCUT2D eigenvalue weighted by Gasteiger charge is -2.61. The van der Waals surface area contributed by atoms with E-state index in [0.717, 1.165) is 36.8 Å². The Morgan fingerprint density at radius 3 is 2.40 bits per heavy atom. The quantitative estimate of drug-likeness (QED) is 0.163. The Morgan fingerprint density at radius 1 is 1.00 bits per heavy atom. The predicted octanol–water partition coefficient (Wildman–Crippen LogP) is 0.953. The molecule has 0 aromatic rings. The third-order valence-corrected chi connectivity index (χ3v) is 13.3. The summed E-state index contributed by atoms with van der Waals surface area (Å²) in [4.78, 5) is 12.6. The van der Waals surface area contributed by atoms with E-state index in [-0.39, 0.29) is 48.2 Å². The van der Waals surface area contributed by atoms with Crippen LogP contribution in [0.5, 0.6) is 0 Å². The number of fused-ring (bicyclic) bond motifs is 5. The van der Waals surface area contributed by atoms with Gasteiger partial charge in [0.2, 0.25) is 0 Å². The molecular formula is C34H52O11. The number of aliphatic hydroxyl groups is 7. The second kappa shape index (κ2) is 12.2. The lowest BCUT2D eigenvalue weighted by atomic mass is 9.45. The van der Waals surface area contributed by atoms with Gasteiger partial charge in [-0.2, -0.15) is 0 Å². The molecule has 4 fully saturated rings. The average molecular weight is 637 g/mol. The van der Waals surface area contributed by atoms with Crippen molar-refractivity contribution in [2.75, 3.05) is 13.2 Å². The van der Waals surface area contributed by atoms with E-state index in [9.17, 15) is 40.5 Å². The number of esters is 1. The monoisotopic (exact) mass is 636 g/mol. The molecule has 45 heavy (non-hydrogen) atoms. The van der Waals surface area contributed by atoms with E-state index in [1.165, 1.54) is 0 Å². The highest BCUT2D eigenvalue weighted by molar-refractivity contribution is 5.90. The summed E-state index contributed by atoms with van der Waals surface area (Å²) >= 11 is 0. The van der Waals surface area contributed by atoms with Crippen LogP contribution in [0.2, 0.25) is 0 Å². The number of ether oxygens (including phenoxy) is 3. The van der Waals surface area contributed by atoms with Crippen LogP contribution in [0.25, 0.3) is 0 Å². The zero-order chi connectivity index (χ0) is 32.6. The van der Waals surface area contributed by atoms with Crippen molar-refractivity contribution in [2.45, 2.75) is 128 Å². The van der Waals surface area contributed by atoms with Crippen molar-refractivity contribution in [2.24, 2.45) is 40.4 Å². The van der Waals surface area contributed by atoms with Crippen LogP contribution < -0.4 is 0 Å². The summed E-state index contributed by atoms with van der Waals surface area (Å²) in [6, 6.07) is 0. The largest absolute Gasteiger partial charge is 0.458 e. The molecule has 0 unspecified atom stereocenters. The highest BCUT2D eigenvalue weighted by atomic mass is 16.7. The van der Waals surface area contributed by atoms with Crippen molar-refractivity contribution in [3.05, 3.63) is 22.8 Å². The van der Waals surface area contributed by atoms with Crippen LogP contribution >= 0.6 is 0 Å². The van der Waals surface area contributed by atoms with E-state index < -0.39 is 67.0 Å². The number of carbonyl (C=O) groups is 1. The van der Waals surface area contributed by atoms with Crippen molar-refractivity contribution in [3.63, 3.8) is 0 Å². The third-order valence-electron chi connectivity index (χ3n) is 13.3. The van der Waals surface area contributed by atoms with Gasteiger partial charge in [-0.05, 0) is 74.0 Å². The molecule has 4 aliphatic carbocycles. The first-order chi connectivity index (χ1) is 21.3. The molecule has 0 amide bonds. The highest BCUT2D eigenvalue weighted by Gasteiger charge is 2.63. The predicted molar refractivity (Wildman–Crippen MR) is 160 cm³/mol. The van der Waals surface area contributed by atoms with Crippen LogP contribution in [0.3, 0.4) is 0 Å². The minimum Gasteiger partial charge on any atom is -0.458 e. The lowest BCUT2D eigenvalue weighted by molar-refractivity contribution is -0.315. The summed E-state index contributed by atoms with van der Waals surface area (Å²) in [5, 5.41) is 73.5. The molecule has 2 aliphatic heterocycles. The summed E-state index contributed by atoms with van der Waals surface area (Å²) in [6.07, 6.45) is -2.23. The molecule has 11 nitrogen and oxygen atoms in total. The number of cyclic esters (lactones) is 1. The zero-order valence-electron chi connectivity index (χ0n) is 26.8. The van der Waals surface area contributed by atoms with Gasteiger partial charge in [-0.25, -0.2) is 4.79 Å². The van der Waals surface area contributed by atoms with E-state index in [0.29, 0.717) is 24.3 Å². The molecule has 0 aromatic carbocycles. The maximum absolute atomic E-state index is 12.6. The number of hydrogen-bond acceptors (Lipinski definition) is 11. The summed E-state index contributed by atoms with van der Waals surface area (Å²) in [5.74, 6) is 0.292. The van der Waals surface area contributed by atoms with E-state index in [2.05, 4.69) is 20.8 Å². The molecule has 3 saturated carbocycles. The molecule has 0 aromatic heterocycles. The topological polar surface area (TPSA) is 186 Å². The number of hydrogen-bond donors (Lipinski definition) is 7. The van der Waals surface area contributed by atoms with Gasteiger partial charge < -0.3 is 50.0 Å². The molecule has 0 bridgehead atoms. The van der Waals surface area contributed by atoms with E-state index in [4.69, 9.17) is 14.2 Å². The van der Waals surface area contributed by atoms with E-state index in [1.54, 1.807) is 0 Å². The zero-order valence-corrected chi connectivity index (χ0v) is 26.8.